The molecular formula is C17H21N3O. The molecule has 4 nitrogen and oxygen atoms in total. The Morgan fingerprint density at radius 3 is 2.52 bits per heavy atom. The van der Waals surface area contributed by atoms with Gasteiger partial charge in [0, 0.05) is 29.8 Å². The molecule has 110 valence electrons. The van der Waals surface area contributed by atoms with Crippen LogP contribution in [-0.2, 0) is 0 Å². The number of hydrogen-bond donors (Lipinski definition) is 2. The van der Waals surface area contributed by atoms with Crippen LogP contribution in [0.3, 0.4) is 0 Å². The van der Waals surface area contributed by atoms with Crippen molar-refractivity contribution in [3.05, 3.63) is 36.0 Å². The average Bonchev–Trinajstić information content (AvgIpc) is 3.02. The second-order valence-corrected chi connectivity index (χ2v) is 5.56. The van der Waals surface area contributed by atoms with E-state index in [-0.39, 0.29) is 5.75 Å². The first kappa shape index (κ1) is 13.9. The summed E-state index contributed by atoms with van der Waals surface area (Å²) in [6.45, 7) is 2.91. The van der Waals surface area contributed by atoms with E-state index in [0.29, 0.717) is 5.92 Å². The van der Waals surface area contributed by atoms with Crippen molar-refractivity contribution in [1.29, 1.82) is 0 Å². The summed E-state index contributed by atoms with van der Waals surface area (Å²) in [7, 11) is 0. The summed E-state index contributed by atoms with van der Waals surface area (Å²) < 4.78 is 0. The Hall–Kier alpha value is -2.10. The standard InChI is InChI=1S/C17H21N3O/c1-2-18-16-11-15(12-5-3-4-6-12)19-17(20-16)13-7-9-14(21)10-8-13/h7-12,21H,2-6H2,1H3,(H,18,19,20). The second-order valence-electron chi connectivity index (χ2n) is 5.56. The van der Waals surface area contributed by atoms with Crippen molar-refractivity contribution in [3.63, 3.8) is 0 Å². The highest BCUT2D eigenvalue weighted by molar-refractivity contribution is 5.58. The lowest BCUT2D eigenvalue weighted by atomic mass is 10.0. The molecule has 2 N–H and O–H groups in total. The van der Waals surface area contributed by atoms with Crippen LogP contribution in [0, 0.1) is 0 Å². The number of phenolic OH excluding ortho intramolecular Hbond substituents is 1. The van der Waals surface area contributed by atoms with Crippen molar-refractivity contribution >= 4 is 5.82 Å². The van der Waals surface area contributed by atoms with Gasteiger partial charge in [-0.15, -0.1) is 0 Å². The molecule has 21 heavy (non-hydrogen) atoms. The molecular weight excluding hydrogens is 262 g/mol. The zero-order chi connectivity index (χ0) is 14.7. The minimum absolute atomic E-state index is 0.262. The predicted octanol–water partition coefficient (Wildman–Crippen LogP) is 3.94. The largest absolute Gasteiger partial charge is 0.508 e. The third-order valence-corrected chi connectivity index (χ3v) is 4.00. The van der Waals surface area contributed by atoms with Gasteiger partial charge in [0.15, 0.2) is 5.82 Å². The number of aromatic nitrogens is 2. The van der Waals surface area contributed by atoms with Gasteiger partial charge >= 0.3 is 0 Å². The normalized spacial score (nSPS) is 15.3. The molecule has 1 aliphatic carbocycles. The molecule has 1 fully saturated rings. The minimum atomic E-state index is 0.262. The van der Waals surface area contributed by atoms with Gasteiger partial charge in [-0.2, -0.15) is 0 Å². The molecule has 0 spiro atoms. The fourth-order valence-electron chi connectivity index (χ4n) is 2.91. The van der Waals surface area contributed by atoms with Crippen LogP contribution in [0.1, 0.15) is 44.2 Å². The van der Waals surface area contributed by atoms with E-state index in [4.69, 9.17) is 4.98 Å². The van der Waals surface area contributed by atoms with Crippen molar-refractivity contribution in [2.75, 3.05) is 11.9 Å². The Morgan fingerprint density at radius 2 is 1.86 bits per heavy atom. The number of phenols is 1. The number of benzene rings is 1. The molecule has 3 rings (SSSR count). The van der Waals surface area contributed by atoms with Crippen molar-refractivity contribution in [2.24, 2.45) is 0 Å². The van der Waals surface area contributed by atoms with Gasteiger partial charge in [0.1, 0.15) is 11.6 Å². The SMILES string of the molecule is CCNc1cc(C2CCCC2)nc(-c2ccc(O)cc2)n1. The first-order valence-electron chi connectivity index (χ1n) is 7.68. The molecule has 0 amide bonds. The van der Waals surface area contributed by atoms with E-state index in [1.54, 1.807) is 12.1 Å². The number of nitrogens with one attached hydrogen (secondary N) is 1. The number of rotatable bonds is 4. The van der Waals surface area contributed by atoms with Gasteiger partial charge in [0.2, 0.25) is 0 Å². The summed E-state index contributed by atoms with van der Waals surface area (Å²) in [5.41, 5.74) is 2.08. The van der Waals surface area contributed by atoms with Crippen LogP contribution in [0.25, 0.3) is 11.4 Å². The van der Waals surface area contributed by atoms with E-state index in [0.717, 1.165) is 29.4 Å². The van der Waals surface area contributed by atoms with Gasteiger partial charge in [0.05, 0.1) is 0 Å². The molecule has 2 aromatic rings. The lowest BCUT2D eigenvalue weighted by Crippen LogP contribution is -2.06. The molecule has 1 aromatic heterocycles. The molecule has 0 atom stereocenters. The molecule has 0 unspecified atom stereocenters. The maximum Gasteiger partial charge on any atom is 0.161 e. The summed E-state index contributed by atoms with van der Waals surface area (Å²) in [5.74, 6) is 2.44. The first-order chi connectivity index (χ1) is 10.3. The van der Waals surface area contributed by atoms with Gasteiger partial charge in [-0.25, -0.2) is 9.97 Å². The van der Waals surface area contributed by atoms with E-state index in [2.05, 4.69) is 23.3 Å². The van der Waals surface area contributed by atoms with Gasteiger partial charge in [0.25, 0.3) is 0 Å². The molecule has 1 saturated carbocycles. The van der Waals surface area contributed by atoms with E-state index in [1.165, 1.54) is 25.7 Å². The topological polar surface area (TPSA) is 58.0 Å². The van der Waals surface area contributed by atoms with Gasteiger partial charge in [-0.1, -0.05) is 12.8 Å². The van der Waals surface area contributed by atoms with Crippen LogP contribution >= 0.6 is 0 Å². The summed E-state index contributed by atoms with van der Waals surface area (Å²) >= 11 is 0. The average molecular weight is 283 g/mol. The maximum atomic E-state index is 9.42. The third-order valence-electron chi connectivity index (χ3n) is 4.00. The first-order valence-corrected chi connectivity index (χ1v) is 7.68. The number of anilines is 1. The lowest BCUT2D eigenvalue weighted by Gasteiger charge is -2.13. The van der Waals surface area contributed by atoms with E-state index in [9.17, 15) is 5.11 Å². The zero-order valence-electron chi connectivity index (χ0n) is 12.3. The van der Waals surface area contributed by atoms with Crippen molar-refractivity contribution in [1.82, 2.24) is 9.97 Å². The van der Waals surface area contributed by atoms with E-state index in [1.807, 2.05) is 12.1 Å². The number of aromatic hydroxyl groups is 1. The third kappa shape index (κ3) is 3.15. The van der Waals surface area contributed by atoms with Crippen LogP contribution < -0.4 is 5.32 Å². The highest BCUT2D eigenvalue weighted by atomic mass is 16.3. The smallest absolute Gasteiger partial charge is 0.161 e. The van der Waals surface area contributed by atoms with Crippen LogP contribution in [-0.4, -0.2) is 21.6 Å². The Morgan fingerprint density at radius 1 is 1.14 bits per heavy atom. The highest BCUT2D eigenvalue weighted by Gasteiger charge is 2.20. The molecule has 0 aliphatic heterocycles. The van der Waals surface area contributed by atoms with Crippen molar-refractivity contribution in [3.8, 4) is 17.1 Å². The fraction of sp³-hybridized carbons (Fsp3) is 0.412. The fourth-order valence-corrected chi connectivity index (χ4v) is 2.91. The van der Waals surface area contributed by atoms with Crippen LogP contribution in [0.2, 0.25) is 0 Å². The molecule has 0 radical (unpaired) electrons. The molecule has 1 heterocycles. The highest BCUT2D eigenvalue weighted by Crippen LogP contribution is 2.34. The molecule has 1 aliphatic rings. The maximum absolute atomic E-state index is 9.42. The molecule has 1 aromatic carbocycles. The van der Waals surface area contributed by atoms with Crippen molar-refractivity contribution < 1.29 is 5.11 Å². The summed E-state index contributed by atoms with van der Waals surface area (Å²) in [6.07, 6.45) is 5.02. The summed E-state index contributed by atoms with van der Waals surface area (Å²) in [5, 5.41) is 12.7. The summed E-state index contributed by atoms with van der Waals surface area (Å²) in [6, 6.07) is 9.16. The minimum Gasteiger partial charge on any atom is -0.508 e. The summed E-state index contributed by atoms with van der Waals surface area (Å²) in [4.78, 5) is 9.36. The Balaban J connectivity index is 1.99. The Bertz CT molecular complexity index is 604. The molecule has 0 saturated heterocycles. The zero-order valence-corrected chi connectivity index (χ0v) is 12.3. The van der Waals surface area contributed by atoms with E-state index < -0.39 is 0 Å². The van der Waals surface area contributed by atoms with Crippen LogP contribution in [0.15, 0.2) is 30.3 Å². The van der Waals surface area contributed by atoms with E-state index >= 15 is 0 Å². The van der Waals surface area contributed by atoms with Crippen LogP contribution in [0.5, 0.6) is 5.75 Å². The van der Waals surface area contributed by atoms with Crippen molar-refractivity contribution in [2.45, 2.75) is 38.5 Å². The Kier molecular flexibility index (Phi) is 4.04. The predicted molar refractivity (Wildman–Crippen MR) is 84.5 cm³/mol. The van der Waals surface area contributed by atoms with Gasteiger partial charge in [-0.3, -0.25) is 0 Å². The van der Waals surface area contributed by atoms with Crippen LogP contribution in [0.4, 0.5) is 5.82 Å². The quantitative estimate of drug-likeness (QED) is 0.892. The molecule has 4 heteroatoms. The molecule has 0 bridgehead atoms. The number of nitrogens with zero attached hydrogens (tertiary/aromatic N) is 2. The number of hydrogen-bond acceptors (Lipinski definition) is 4. The van der Waals surface area contributed by atoms with Gasteiger partial charge in [-0.05, 0) is 44.0 Å². The second kappa shape index (κ2) is 6.12. The Labute approximate surface area is 125 Å². The van der Waals surface area contributed by atoms with Gasteiger partial charge < -0.3 is 10.4 Å². The monoisotopic (exact) mass is 283 g/mol. The lowest BCUT2D eigenvalue weighted by molar-refractivity contribution is 0.475.